The molecule has 0 saturated carbocycles. The van der Waals surface area contributed by atoms with E-state index in [0.717, 1.165) is 0 Å². The molecule has 0 aliphatic heterocycles. The van der Waals surface area contributed by atoms with Gasteiger partial charge in [-0.1, -0.05) is 0 Å². The molecule has 0 saturated heterocycles. The zero-order valence-electron chi connectivity index (χ0n) is 4.92. The van der Waals surface area contributed by atoms with E-state index in [4.69, 9.17) is 5.84 Å². The molecule has 0 aromatic heterocycles. The molecule has 1 amide bonds. The summed E-state index contributed by atoms with van der Waals surface area (Å²) in [7, 11) is 0. The SMILES string of the molecule is CC(=NN)NC(=O)ON. The predicted molar refractivity (Wildman–Crippen MR) is 31.1 cm³/mol. The zero-order valence-corrected chi connectivity index (χ0v) is 4.92. The van der Waals surface area contributed by atoms with Gasteiger partial charge in [-0.15, -0.1) is 0 Å². The van der Waals surface area contributed by atoms with E-state index in [9.17, 15) is 4.79 Å². The minimum atomic E-state index is -0.790. The summed E-state index contributed by atoms with van der Waals surface area (Å²) in [6.45, 7) is 1.50. The topological polar surface area (TPSA) is 103 Å². The fourth-order valence-electron chi connectivity index (χ4n) is 0.209. The second-order valence-corrected chi connectivity index (χ2v) is 1.24. The molecule has 0 spiro atoms. The van der Waals surface area contributed by atoms with Crippen LogP contribution in [0.1, 0.15) is 6.92 Å². The number of hydrazone groups is 1. The largest absolute Gasteiger partial charge is 0.431 e. The highest BCUT2D eigenvalue weighted by Gasteiger charge is 1.98. The Morgan fingerprint density at radius 2 is 2.33 bits per heavy atom. The van der Waals surface area contributed by atoms with Crippen molar-refractivity contribution in [1.82, 2.24) is 5.32 Å². The van der Waals surface area contributed by atoms with Gasteiger partial charge in [-0.25, -0.2) is 4.79 Å². The van der Waals surface area contributed by atoms with Gasteiger partial charge in [0.2, 0.25) is 0 Å². The maximum Gasteiger partial charge on any atom is 0.431 e. The van der Waals surface area contributed by atoms with Crippen molar-refractivity contribution in [2.24, 2.45) is 16.8 Å². The molecule has 0 aliphatic carbocycles. The van der Waals surface area contributed by atoms with E-state index in [-0.39, 0.29) is 5.84 Å². The molecular formula is C3H8N4O2. The molecule has 0 aliphatic rings. The quantitative estimate of drug-likeness (QED) is 0.168. The second kappa shape index (κ2) is 3.67. The van der Waals surface area contributed by atoms with Crippen LogP contribution in [-0.2, 0) is 4.84 Å². The van der Waals surface area contributed by atoms with Crippen LogP contribution in [0.15, 0.2) is 5.10 Å². The molecule has 0 radical (unpaired) electrons. The Kier molecular flexibility index (Phi) is 3.14. The van der Waals surface area contributed by atoms with Crippen molar-refractivity contribution in [2.75, 3.05) is 0 Å². The molecule has 0 atom stereocenters. The van der Waals surface area contributed by atoms with Gasteiger partial charge in [0.15, 0.2) is 0 Å². The van der Waals surface area contributed by atoms with Crippen LogP contribution in [0.2, 0.25) is 0 Å². The van der Waals surface area contributed by atoms with E-state index in [1.165, 1.54) is 6.92 Å². The number of amidine groups is 1. The average molecular weight is 132 g/mol. The lowest BCUT2D eigenvalue weighted by Gasteiger charge is -1.97. The molecule has 0 fully saturated rings. The lowest BCUT2D eigenvalue weighted by Crippen LogP contribution is -2.31. The van der Waals surface area contributed by atoms with Gasteiger partial charge in [0.1, 0.15) is 5.84 Å². The summed E-state index contributed by atoms with van der Waals surface area (Å²) in [6, 6.07) is 0. The van der Waals surface area contributed by atoms with Crippen molar-refractivity contribution in [3.05, 3.63) is 0 Å². The number of nitrogens with one attached hydrogen (secondary N) is 1. The van der Waals surface area contributed by atoms with Gasteiger partial charge >= 0.3 is 6.09 Å². The number of nitrogens with zero attached hydrogens (tertiary/aromatic N) is 1. The maximum absolute atomic E-state index is 10.2. The Morgan fingerprint density at radius 3 is 2.67 bits per heavy atom. The van der Waals surface area contributed by atoms with Crippen LogP contribution in [0, 0.1) is 0 Å². The van der Waals surface area contributed by atoms with Crippen LogP contribution >= 0.6 is 0 Å². The first-order chi connectivity index (χ1) is 4.20. The molecule has 52 valence electrons. The summed E-state index contributed by atoms with van der Waals surface area (Å²) in [5, 5.41) is 5.24. The van der Waals surface area contributed by atoms with E-state index < -0.39 is 6.09 Å². The highest BCUT2D eigenvalue weighted by Crippen LogP contribution is 1.68. The highest BCUT2D eigenvalue weighted by atomic mass is 16.7. The van der Waals surface area contributed by atoms with Crippen LogP contribution in [0.25, 0.3) is 0 Å². The average Bonchev–Trinajstić information content (AvgIpc) is 1.87. The van der Waals surface area contributed by atoms with Gasteiger partial charge in [0.25, 0.3) is 0 Å². The summed E-state index contributed by atoms with van der Waals surface area (Å²) in [4.78, 5) is 13.9. The molecule has 0 unspecified atom stereocenters. The van der Waals surface area contributed by atoms with Crippen molar-refractivity contribution in [3.63, 3.8) is 0 Å². The van der Waals surface area contributed by atoms with Gasteiger partial charge in [0, 0.05) is 0 Å². The number of rotatable bonds is 0. The number of hydrogen-bond acceptors (Lipinski definition) is 5. The number of nitrogens with two attached hydrogens (primary N) is 2. The third-order valence-electron chi connectivity index (χ3n) is 0.584. The first-order valence-corrected chi connectivity index (χ1v) is 2.13. The van der Waals surface area contributed by atoms with E-state index >= 15 is 0 Å². The van der Waals surface area contributed by atoms with Gasteiger partial charge < -0.3 is 10.7 Å². The first kappa shape index (κ1) is 7.70. The monoisotopic (exact) mass is 132 g/mol. The van der Waals surface area contributed by atoms with E-state index in [2.05, 4.69) is 21.2 Å². The minimum absolute atomic E-state index is 0.241. The van der Waals surface area contributed by atoms with Crippen molar-refractivity contribution in [1.29, 1.82) is 0 Å². The minimum Gasteiger partial charge on any atom is -0.356 e. The van der Waals surface area contributed by atoms with Crippen molar-refractivity contribution < 1.29 is 9.63 Å². The number of carbonyl (C=O) groups is 1. The van der Waals surface area contributed by atoms with E-state index in [1.54, 1.807) is 0 Å². The smallest absolute Gasteiger partial charge is 0.356 e. The maximum atomic E-state index is 10.2. The lowest BCUT2D eigenvalue weighted by molar-refractivity contribution is 0.153. The van der Waals surface area contributed by atoms with Crippen LogP contribution in [0.4, 0.5) is 4.79 Å². The lowest BCUT2D eigenvalue weighted by atomic mass is 10.7. The van der Waals surface area contributed by atoms with Crippen LogP contribution in [0.3, 0.4) is 0 Å². The van der Waals surface area contributed by atoms with Crippen LogP contribution < -0.4 is 17.1 Å². The first-order valence-electron chi connectivity index (χ1n) is 2.13. The number of hydrogen-bond donors (Lipinski definition) is 3. The van der Waals surface area contributed by atoms with Crippen LogP contribution in [-0.4, -0.2) is 11.9 Å². The third-order valence-corrected chi connectivity index (χ3v) is 0.584. The molecule has 0 bridgehead atoms. The summed E-state index contributed by atoms with van der Waals surface area (Å²) in [5.41, 5.74) is 0. The van der Waals surface area contributed by atoms with Crippen molar-refractivity contribution >= 4 is 11.9 Å². The third kappa shape index (κ3) is 3.30. The molecule has 9 heavy (non-hydrogen) atoms. The molecule has 5 N–H and O–H groups in total. The molecule has 6 nitrogen and oxygen atoms in total. The van der Waals surface area contributed by atoms with Crippen LogP contribution in [0.5, 0.6) is 0 Å². The molecular weight excluding hydrogens is 124 g/mol. The number of amides is 1. The molecule has 0 aromatic rings. The molecule has 6 heteroatoms. The standard InChI is InChI=1S/C3H8N4O2/c1-2(7-4)6-3(8)9-5/h4-5H2,1H3,(H,6,7,8). The van der Waals surface area contributed by atoms with Gasteiger partial charge in [-0.2, -0.15) is 11.0 Å². The Bertz CT molecular complexity index is 132. The van der Waals surface area contributed by atoms with Gasteiger partial charge in [-0.3, -0.25) is 5.32 Å². The predicted octanol–water partition coefficient (Wildman–Crippen LogP) is -1.12. The summed E-state index contributed by atoms with van der Waals surface area (Å²) in [6.07, 6.45) is -0.790. The van der Waals surface area contributed by atoms with E-state index in [1.807, 2.05) is 0 Å². The fraction of sp³-hybridized carbons (Fsp3) is 0.333. The van der Waals surface area contributed by atoms with Crippen molar-refractivity contribution in [2.45, 2.75) is 6.92 Å². The highest BCUT2D eigenvalue weighted by molar-refractivity contribution is 5.93. The molecule has 0 rings (SSSR count). The Labute approximate surface area is 51.8 Å². The summed E-state index contributed by atoms with van der Waals surface area (Å²) >= 11 is 0. The molecule has 0 heterocycles. The van der Waals surface area contributed by atoms with Gasteiger partial charge in [0.05, 0.1) is 0 Å². The normalized spacial score (nSPS) is 10.7. The Balaban J connectivity index is 3.60. The second-order valence-electron chi connectivity index (χ2n) is 1.24. The number of carbonyl (C=O) groups excluding carboxylic acids is 1. The van der Waals surface area contributed by atoms with Crippen molar-refractivity contribution in [3.8, 4) is 0 Å². The fourth-order valence-corrected chi connectivity index (χ4v) is 0.209. The zero-order chi connectivity index (χ0) is 7.28. The molecule has 0 aromatic carbocycles. The Hall–Kier alpha value is -1.30. The van der Waals surface area contributed by atoms with Gasteiger partial charge in [-0.05, 0) is 6.92 Å². The van der Waals surface area contributed by atoms with E-state index in [0.29, 0.717) is 0 Å². The summed E-state index contributed by atoms with van der Waals surface area (Å²) < 4.78 is 0. The summed E-state index contributed by atoms with van der Waals surface area (Å²) in [5.74, 6) is 9.46. The Morgan fingerprint density at radius 1 is 1.78 bits per heavy atom.